The SMILES string of the molecule is COc1cccc2c1CCC2Nc1cccc(C(F)(F)F)n1. The third kappa shape index (κ3) is 2.73. The van der Waals surface area contributed by atoms with Crippen LogP contribution in [0.2, 0.25) is 0 Å². The molecule has 2 aromatic rings. The molecule has 3 rings (SSSR count). The number of hydrogen-bond donors (Lipinski definition) is 1. The van der Waals surface area contributed by atoms with E-state index in [1.807, 2.05) is 18.2 Å². The van der Waals surface area contributed by atoms with Crippen LogP contribution in [0, 0.1) is 0 Å². The van der Waals surface area contributed by atoms with Gasteiger partial charge in [-0.3, -0.25) is 0 Å². The van der Waals surface area contributed by atoms with E-state index >= 15 is 0 Å². The number of halogens is 3. The quantitative estimate of drug-likeness (QED) is 0.922. The van der Waals surface area contributed by atoms with Gasteiger partial charge >= 0.3 is 6.18 Å². The number of anilines is 1. The van der Waals surface area contributed by atoms with Crippen LogP contribution in [0.15, 0.2) is 36.4 Å². The molecule has 0 bridgehead atoms. The van der Waals surface area contributed by atoms with Crippen molar-refractivity contribution >= 4 is 5.82 Å². The summed E-state index contributed by atoms with van der Waals surface area (Å²) in [5.41, 5.74) is 1.27. The number of nitrogens with zero attached hydrogens (tertiary/aromatic N) is 1. The minimum Gasteiger partial charge on any atom is -0.496 e. The highest BCUT2D eigenvalue weighted by Gasteiger charge is 2.33. The lowest BCUT2D eigenvalue weighted by Gasteiger charge is -2.16. The fourth-order valence-electron chi connectivity index (χ4n) is 2.81. The second-order valence-electron chi connectivity index (χ2n) is 5.17. The Kier molecular flexibility index (Phi) is 3.68. The lowest BCUT2D eigenvalue weighted by atomic mass is 10.1. The van der Waals surface area contributed by atoms with E-state index in [-0.39, 0.29) is 11.9 Å². The Morgan fingerprint density at radius 1 is 1.18 bits per heavy atom. The molecule has 0 saturated heterocycles. The molecule has 0 aliphatic heterocycles. The summed E-state index contributed by atoms with van der Waals surface area (Å²) >= 11 is 0. The molecule has 1 N–H and O–H groups in total. The van der Waals surface area contributed by atoms with Crippen LogP contribution < -0.4 is 10.1 Å². The van der Waals surface area contributed by atoms with Crippen LogP contribution in [-0.2, 0) is 12.6 Å². The number of benzene rings is 1. The second kappa shape index (κ2) is 5.51. The molecule has 1 aliphatic carbocycles. The van der Waals surface area contributed by atoms with Gasteiger partial charge in [-0.05, 0) is 42.2 Å². The number of hydrogen-bond acceptors (Lipinski definition) is 3. The third-order valence-electron chi connectivity index (χ3n) is 3.81. The van der Waals surface area contributed by atoms with Gasteiger partial charge in [-0.25, -0.2) is 4.98 Å². The maximum absolute atomic E-state index is 12.7. The number of pyridine rings is 1. The molecule has 22 heavy (non-hydrogen) atoms. The van der Waals surface area contributed by atoms with E-state index in [0.29, 0.717) is 0 Å². The first-order valence-electron chi connectivity index (χ1n) is 6.95. The monoisotopic (exact) mass is 308 g/mol. The average molecular weight is 308 g/mol. The Hall–Kier alpha value is -2.24. The van der Waals surface area contributed by atoms with Gasteiger partial charge in [0.15, 0.2) is 0 Å². The predicted octanol–water partition coefficient (Wildman–Crippen LogP) is 4.21. The summed E-state index contributed by atoms with van der Waals surface area (Å²) in [6, 6.07) is 9.57. The molecule has 0 amide bonds. The number of aromatic nitrogens is 1. The molecule has 1 atom stereocenters. The molecule has 3 nitrogen and oxygen atoms in total. The Labute approximate surface area is 126 Å². The summed E-state index contributed by atoms with van der Waals surface area (Å²) in [4.78, 5) is 3.66. The van der Waals surface area contributed by atoms with Crippen LogP contribution in [0.4, 0.5) is 19.0 Å². The maximum Gasteiger partial charge on any atom is 0.433 e. The molecule has 0 spiro atoms. The van der Waals surface area contributed by atoms with Gasteiger partial charge in [0, 0.05) is 0 Å². The normalized spacial score (nSPS) is 17.2. The standard InChI is InChI=1S/C16H15F3N2O/c1-22-13-5-2-4-10-11(13)8-9-12(10)20-15-7-3-6-14(21-15)16(17,18)19/h2-7,12H,8-9H2,1H3,(H,20,21). The Morgan fingerprint density at radius 2 is 1.95 bits per heavy atom. The van der Waals surface area contributed by atoms with E-state index in [0.717, 1.165) is 35.8 Å². The van der Waals surface area contributed by atoms with Crippen molar-refractivity contribution in [1.29, 1.82) is 0 Å². The molecule has 1 heterocycles. The fourth-order valence-corrected chi connectivity index (χ4v) is 2.81. The van der Waals surface area contributed by atoms with Gasteiger partial charge in [0.2, 0.25) is 0 Å². The van der Waals surface area contributed by atoms with E-state index in [1.165, 1.54) is 6.07 Å². The zero-order chi connectivity index (χ0) is 15.7. The van der Waals surface area contributed by atoms with Gasteiger partial charge in [-0.15, -0.1) is 0 Å². The van der Waals surface area contributed by atoms with E-state index in [9.17, 15) is 13.2 Å². The second-order valence-corrected chi connectivity index (χ2v) is 5.17. The first-order chi connectivity index (χ1) is 10.5. The minimum atomic E-state index is -4.44. The van der Waals surface area contributed by atoms with Gasteiger partial charge in [-0.2, -0.15) is 13.2 Å². The van der Waals surface area contributed by atoms with Crippen molar-refractivity contribution in [3.63, 3.8) is 0 Å². The van der Waals surface area contributed by atoms with Crippen LogP contribution in [0.25, 0.3) is 0 Å². The highest BCUT2D eigenvalue weighted by Crippen LogP contribution is 2.38. The van der Waals surface area contributed by atoms with E-state index in [2.05, 4.69) is 10.3 Å². The molecular weight excluding hydrogens is 293 g/mol. The summed E-state index contributed by atoms with van der Waals surface area (Å²) < 4.78 is 43.5. The van der Waals surface area contributed by atoms with Crippen LogP contribution in [-0.4, -0.2) is 12.1 Å². The molecule has 1 aromatic carbocycles. The summed E-state index contributed by atoms with van der Waals surface area (Å²) in [7, 11) is 1.62. The van der Waals surface area contributed by atoms with E-state index in [4.69, 9.17) is 4.74 Å². The van der Waals surface area contributed by atoms with Crippen molar-refractivity contribution < 1.29 is 17.9 Å². The molecule has 0 radical (unpaired) electrons. The van der Waals surface area contributed by atoms with Gasteiger partial charge in [0.25, 0.3) is 0 Å². The fraction of sp³-hybridized carbons (Fsp3) is 0.312. The summed E-state index contributed by atoms with van der Waals surface area (Å²) in [6.45, 7) is 0. The molecule has 1 unspecified atom stereocenters. The van der Waals surface area contributed by atoms with Crippen LogP contribution >= 0.6 is 0 Å². The number of ether oxygens (including phenoxy) is 1. The highest BCUT2D eigenvalue weighted by molar-refractivity contribution is 5.49. The van der Waals surface area contributed by atoms with Crippen LogP contribution in [0.5, 0.6) is 5.75 Å². The largest absolute Gasteiger partial charge is 0.496 e. The Morgan fingerprint density at radius 3 is 2.68 bits per heavy atom. The smallest absolute Gasteiger partial charge is 0.433 e. The van der Waals surface area contributed by atoms with E-state index in [1.54, 1.807) is 13.2 Å². The van der Waals surface area contributed by atoms with Gasteiger partial charge in [0.05, 0.1) is 13.2 Å². The zero-order valence-corrected chi connectivity index (χ0v) is 11.9. The van der Waals surface area contributed by atoms with Crippen LogP contribution in [0.1, 0.15) is 29.3 Å². The van der Waals surface area contributed by atoms with Crippen molar-refractivity contribution in [2.24, 2.45) is 0 Å². The first-order valence-corrected chi connectivity index (χ1v) is 6.95. The summed E-state index contributed by atoms with van der Waals surface area (Å²) in [5, 5.41) is 3.09. The Bertz CT molecular complexity index is 685. The lowest BCUT2D eigenvalue weighted by Crippen LogP contribution is -2.12. The number of methoxy groups -OCH3 is 1. The van der Waals surface area contributed by atoms with Gasteiger partial charge in [0.1, 0.15) is 17.3 Å². The molecule has 0 fully saturated rings. The number of nitrogens with one attached hydrogen (secondary N) is 1. The number of alkyl halides is 3. The van der Waals surface area contributed by atoms with E-state index < -0.39 is 11.9 Å². The van der Waals surface area contributed by atoms with Crippen molar-refractivity contribution in [1.82, 2.24) is 4.98 Å². The number of rotatable bonds is 3. The van der Waals surface area contributed by atoms with Crippen LogP contribution in [0.3, 0.4) is 0 Å². The topological polar surface area (TPSA) is 34.1 Å². The summed E-state index contributed by atoms with van der Waals surface area (Å²) in [6.07, 6.45) is -2.81. The summed E-state index contributed by atoms with van der Waals surface area (Å²) in [5.74, 6) is 1.05. The Balaban J connectivity index is 1.85. The first kappa shape index (κ1) is 14.7. The van der Waals surface area contributed by atoms with Crippen molar-refractivity contribution in [3.8, 4) is 5.75 Å². The molecule has 6 heteroatoms. The van der Waals surface area contributed by atoms with Gasteiger partial charge in [-0.1, -0.05) is 18.2 Å². The molecule has 116 valence electrons. The van der Waals surface area contributed by atoms with Gasteiger partial charge < -0.3 is 10.1 Å². The minimum absolute atomic E-state index is 0.0546. The predicted molar refractivity (Wildman–Crippen MR) is 76.9 cm³/mol. The van der Waals surface area contributed by atoms with Crippen molar-refractivity contribution in [2.75, 3.05) is 12.4 Å². The number of fused-ring (bicyclic) bond motifs is 1. The van der Waals surface area contributed by atoms with Crippen molar-refractivity contribution in [2.45, 2.75) is 25.1 Å². The molecular formula is C16H15F3N2O. The molecule has 0 saturated carbocycles. The zero-order valence-electron chi connectivity index (χ0n) is 11.9. The third-order valence-corrected chi connectivity index (χ3v) is 3.81. The average Bonchev–Trinajstić information content (AvgIpc) is 2.90. The molecule has 1 aliphatic rings. The van der Waals surface area contributed by atoms with Crippen molar-refractivity contribution in [3.05, 3.63) is 53.2 Å². The molecule has 1 aromatic heterocycles. The maximum atomic E-state index is 12.7. The highest BCUT2D eigenvalue weighted by atomic mass is 19.4. The lowest BCUT2D eigenvalue weighted by molar-refractivity contribution is -0.141.